The molecule has 0 saturated carbocycles. The van der Waals surface area contributed by atoms with E-state index in [1.54, 1.807) is 46.9 Å². The van der Waals surface area contributed by atoms with Crippen molar-refractivity contribution in [2.45, 2.75) is 155 Å². The van der Waals surface area contributed by atoms with Crippen molar-refractivity contribution in [1.82, 2.24) is 0 Å². The molecule has 2 aromatic heterocycles. The van der Waals surface area contributed by atoms with Gasteiger partial charge in [-0.25, -0.2) is 26.0 Å². The van der Waals surface area contributed by atoms with Crippen LogP contribution >= 0.6 is 22.7 Å². The third-order valence-corrected chi connectivity index (χ3v) is 15.9. The first-order chi connectivity index (χ1) is 37.1. The molecule has 0 saturated heterocycles. The van der Waals surface area contributed by atoms with E-state index >= 15 is 0 Å². The van der Waals surface area contributed by atoms with Gasteiger partial charge < -0.3 is 9.31 Å². The molecule has 0 aliphatic heterocycles. The Morgan fingerprint density at radius 2 is 0.750 bits per heavy atom. The van der Waals surface area contributed by atoms with E-state index in [-0.39, 0.29) is 11.5 Å². The molecule has 402 valence electrons. The topological polar surface area (TPSA) is 43.2 Å². The maximum atomic E-state index is 13.7. The zero-order valence-corrected chi connectivity index (χ0v) is 45.8. The summed E-state index contributed by atoms with van der Waals surface area (Å²) in [6, 6.07) is 30.6. The Kier molecular flexibility index (Phi) is 26.3. The number of nitrogens with zero attached hydrogens (tertiary/aromatic N) is 2. The number of thiophene rings is 2. The fourth-order valence-corrected chi connectivity index (χ4v) is 11.8. The standard InChI is InChI=1S/C62H72B2F6N2O2S2/c1-3-5-7-9-11-13-15-17-19-21-23-51-45-59(49-29-25-47(26-30-49)57(73-63(67)68)41-43-71-55-37-33-53(65)34-38-55)75-61(51)62-52(24-22-20-18-16-14-12-10-8-6-4-2)46-60(76-62)50-31-27-48(28-32-50)58(74-64(69)70)42-44-72-56-39-35-54(66)36-40-56/h25-46H,3-24H2,1-2H3/b57-41-,58-42-,71-43?,72-44?. The summed E-state index contributed by atoms with van der Waals surface area (Å²) in [5, 5.41) is 0. The molecule has 0 aliphatic carbocycles. The first kappa shape index (κ1) is 59.7. The van der Waals surface area contributed by atoms with Crippen LogP contribution in [-0.4, -0.2) is 27.4 Å². The van der Waals surface area contributed by atoms with E-state index in [4.69, 9.17) is 9.31 Å². The Balaban J connectivity index is 1.29. The Morgan fingerprint density at radius 1 is 0.434 bits per heavy atom. The molecule has 0 spiro atoms. The van der Waals surface area contributed by atoms with E-state index < -0.39 is 26.6 Å². The van der Waals surface area contributed by atoms with Crippen molar-refractivity contribution in [2.75, 3.05) is 0 Å². The molecule has 6 aromatic rings. The normalized spacial score (nSPS) is 12.1. The van der Waals surface area contributed by atoms with Gasteiger partial charge in [0.2, 0.25) is 0 Å². The maximum Gasteiger partial charge on any atom is 0.796 e. The highest BCUT2D eigenvalue weighted by molar-refractivity contribution is 7.25. The van der Waals surface area contributed by atoms with Gasteiger partial charge in [-0.3, -0.25) is 9.98 Å². The van der Waals surface area contributed by atoms with Crippen molar-refractivity contribution in [3.63, 3.8) is 0 Å². The van der Waals surface area contributed by atoms with Gasteiger partial charge in [-0.05, 0) is 121 Å². The van der Waals surface area contributed by atoms with Gasteiger partial charge in [-0.15, -0.1) is 22.7 Å². The van der Waals surface area contributed by atoms with Gasteiger partial charge >= 0.3 is 14.9 Å². The summed E-state index contributed by atoms with van der Waals surface area (Å²) in [6.45, 7) is 4.50. The quantitative estimate of drug-likeness (QED) is 0.0131. The Bertz CT molecular complexity index is 2530. The number of hydrogen-bond acceptors (Lipinski definition) is 6. The number of benzene rings is 4. The molecule has 0 fully saturated rings. The van der Waals surface area contributed by atoms with E-state index in [1.165, 1.54) is 197 Å². The number of aliphatic imine (C=N–C) groups is 2. The Hall–Kier alpha value is -5.59. The Labute approximate surface area is 456 Å². The zero-order chi connectivity index (χ0) is 53.7. The third-order valence-electron chi connectivity index (χ3n) is 13.3. The van der Waals surface area contributed by atoms with Crippen LogP contribution in [0.5, 0.6) is 0 Å². The minimum Gasteiger partial charge on any atom is -0.505 e. The van der Waals surface area contributed by atoms with Crippen molar-refractivity contribution in [3.8, 4) is 30.6 Å². The van der Waals surface area contributed by atoms with Gasteiger partial charge in [0.05, 0.1) is 11.4 Å². The van der Waals surface area contributed by atoms with Crippen LogP contribution < -0.4 is 0 Å². The van der Waals surface area contributed by atoms with Gasteiger partial charge in [0, 0.05) is 43.1 Å². The fourth-order valence-electron chi connectivity index (χ4n) is 9.14. The molecule has 4 nitrogen and oxygen atoms in total. The second-order valence-corrected chi connectivity index (χ2v) is 21.4. The smallest absolute Gasteiger partial charge is 0.505 e. The van der Waals surface area contributed by atoms with Crippen molar-refractivity contribution in [1.29, 1.82) is 0 Å². The highest BCUT2D eigenvalue weighted by Gasteiger charge is 2.23. The largest absolute Gasteiger partial charge is 0.796 e. The number of rotatable bonds is 35. The summed E-state index contributed by atoms with van der Waals surface area (Å²) in [5.41, 5.74) is 6.37. The highest BCUT2D eigenvalue weighted by Crippen LogP contribution is 2.47. The summed E-state index contributed by atoms with van der Waals surface area (Å²) in [7, 11) is -6.09. The van der Waals surface area contributed by atoms with Gasteiger partial charge in [-0.2, -0.15) is 0 Å². The lowest BCUT2D eigenvalue weighted by Gasteiger charge is -2.08. The molecule has 2 heterocycles. The Morgan fingerprint density at radius 3 is 1.07 bits per heavy atom. The van der Waals surface area contributed by atoms with Crippen molar-refractivity contribution >= 4 is 72.9 Å². The van der Waals surface area contributed by atoms with E-state index in [1.807, 2.05) is 24.3 Å². The molecule has 14 heteroatoms. The summed E-state index contributed by atoms with van der Waals surface area (Å²) >= 11 is 3.51. The lowest BCUT2D eigenvalue weighted by molar-refractivity contribution is 0.395. The number of hydrogen-bond donors (Lipinski definition) is 0. The van der Waals surface area contributed by atoms with Gasteiger partial charge in [-0.1, -0.05) is 178 Å². The van der Waals surface area contributed by atoms with Gasteiger partial charge in [0.15, 0.2) is 0 Å². The average molecular weight is 1080 g/mol. The highest BCUT2D eigenvalue weighted by atomic mass is 32.1. The van der Waals surface area contributed by atoms with E-state index in [0.717, 1.165) is 59.4 Å². The second-order valence-electron chi connectivity index (χ2n) is 19.3. The maximum absolute atomic E-state index is 13.7. The molecule has 0 atom stereocenters. The lowest BCUT2D eigenvalue weighted by atomic mass is 10.00. The molecule has 76 heavy (non-hydrogen) atoms. The molecule has 0 bridgehead atoms. The van der Waals surface area contributed by atoms with Gasteiger partial charge in [0.1, 0.15) is 23.2 Å². The molecule has 0 radical (unpaired) electrons. The number of halogens is 6. The average Bonchev–Trinajstić information content (AvgIpc) is 4.05. The van der Waals surface area contributed by atoms with Crippen molar-refractivity contribution < 1.29 is 35.4 Å². The van der Waals surface area contributed by atoms with E-state index in [0.29, 0.717) is 22.5 Å². The molecule has 6 rings (SSSR count). The molecular weight excluding hydrogens is 1000 g/mol. The monoisotopic (exact) mass is 1080 g/mol. The molecule has 0 unspecified atom stereocenters. The summed E-state index contributed by atoms with van der Waals surface area (Å²) < 4.78 is 91.6. The number of allylic oxidation sites excluding steroid dienone is 2. The minimum atomic E-state index is -3.05. The van der Waals surface area contributed by atoms with Crippen molar-refractivity contribution in [3.05, 3.63) is 155 Å². The van der Waals surface area contributed by atoms with Crippen LogP contribution in [0.1, 0.15) is 165 Å². The molecule has 0 aliphatic rings. The molecular formula is C62H72B2F6N2O2S2. The third kappa shape index (κ3) is 20.7. The predicted molar refractivity (Wildman–Crippen MR) is 313 cm³/mol. The summed E-state index contributed by atoms with van der Waals surface area (Å²) in [6.07, 6.45) is 32.2. The minimum absolute atomic E-state index is 0.0406. The van der Waals surface area contributed by atoms with Crippen LogP contribution in [0.3, 0.4) is 0 Å². The van der Waals surface area contributed by atoms with E-state index in [9.17, 15) is 26.0 Å². The van der Waals surface area contributed by atoms with Crippen LogP contribution in [0.4, 0.5) is 37.4 Å². The summed E-state index contributed by atoms with van der Waals surface area (Å²) in [5.74, 6) is -0.873. The van der Waals surface area contributed by atoms with Crippen LogP contribution in [-0.2, 0) is 22.2 Å². The first-order valence-electron chi connectivity index (χ1n) is 27.5. The van der Waals surface area contributed by atoms with Crippen LogP contribution in [0, 0.1) is 11.6 Å². The SMILES string of the molecule is CCCCCCCCCCCCc1cc(-c2ccc(/C(=C/C=Nc3ccc(F)cc3)OB(F)F)cc2)sc1-c1sc(-c2ccc(/C(=C/C=Nc3ccc(F)cc3)OB(F)F)cc2)cc1CCCCCCCCCCCC. The molecule has 4 aromatic carbocycles. The fraction of sp³-hybridized carbons (Fsp3) is 0.387. The number of aryl methyl sites for hydroxylation is 2. The van der Waals surface area contributed by atoms with E-state index in [2.05, 4.69) is 36.0 Å². The first-order valence-corrected chi connectivity index (χ1v) is 29.1. The van der Waals surface area contributed by atoms with Gasteiger partial charge in [0.25, 0.3) is 0 Å². The zero-order valence-electron chi connectivity index (χ0n) is 44.2. The summed E-state index contributed by atoms with van der Waals surface area (Å²) in [4.78, 5) is 13.2. The van der Waals surface area contributed by atoms with Crippen LogP contribution in [0.2, 0.25) is 0 Å². The molecule has 0 N–H and O–H groups in total. The van der Waals surface area contributed by atoms with Crippen LogP contribution in [0.15, 0.2) is 131 Å². The number of unbranched alkanes of at least 4 members (excludes halogenated alkanes) is 18. The van der Waals surface area contributed by atoms with Crippen LogP contribution in [0.25, 0.3) is 42.2 Å². The lowest BCUT2D eigenvalue weighted by Crippen LogP contribution is -2.04. The molecule has 0 amide bonds. The predicted octanol–water partition coefficient (Wildman–Crippen LogP) is 21.4. The van der Waals surface area contributed by atoms with Crippen molar-refractivity contribution in [2.24, 2.45) is 9.98 Å². The second kappa shape index (κ2) is 33.5.